The third-order valence-corrected chi connectivity index (χ3v) is 6.79. The van der Waals surface area contributed by atoms with E-state index in [1.807, 2.05) is 12.1 Å². The fourth-order valence-corrected chi connectivity index (χ4v) is 4.93. The van der Waals surface area contributed by atoms with Crippen molar-refractivity contribution in [1.29, 1.82) is 0 Å². The molecular formula is C27H32Cl2N4O. The molecule has 1 aromatic heterocycles. The van der Waals surface area contributed by atoms with Crippen molar-refractivity contribution in [3.63, 3.8) is 0 Å². The fraction of sp³-hybridized carbons (Fsp3) is 0.407. The molecule has 1 heterocycles. The van der Waals surface area contributed by atoms with E-state index < -0.39 is 0 Å². The summed E-state index contributed by atoms with van der Waals surface area (Å²) in [7, 11) is 4.12. The first-order valence-corrected chi connectivity index (χ1v) is 12.6. The van der Waals surface area contributed by atoms with Crippen molar-refractivity contribution < 1.29 is 4.74 Å². The Balaban J connectivity index is 1.68. The third-order valence-electron chi connectivity index (χ3n) is 6.24. The molecule has 5 nitrogen and oxygen atoms in total. The Bertz CT molecular complexity index is 1150. The van der Waals surface area contributed by atoms with Crippen LogP contribution in [0.1, 0.15) is 42.4 Å². The molecule has 3 aromatic rings. The quantitative estimate of drug-likeness (QED) is 0.378. The van der Waals surface area contributed by atoms with E-state index in [4.69, 9.17) is 37.9 Å². The molecule has 0 radical (unpaired) electrons. The maximum atomic E-state index is 6.52. The molecule has 0 amide bonds. The van der Waals surface area contributed by atoms with Crippen molar-refractivity contribution in [2.24, 2.45) is 0 Å². The Labute approximate surface area is 212 Å². The molecule has 0 aliphatic heterocycles. The number of hydrogen-bond donors (Lipinski definition) is 1. The molecule has 0 saturated carbocycles. The smallest absolute Gasteiger partial charge is 0.148 e. The second kappa shape index (κ2) is 11.0. The van der Waals surface area contributed by atoms with Crippen LogP contribution in [0.3, 0.4) is 0 Å². The van der Waals surface area contributed by atoms with Crippen LogP contribution in [-0.2, 0) is 24.0 Å². The number of nitrogens with zero attached hydrogens (tertiary/aromatic N) is 3. The van der Waals surface area contributed by atoms with Crippen molar-refractivity contribution >= 4 is 29.0 Å². The van der Waals surface area contributed by atoms with Gasteiger partial charge in [-0.25, -0.2) is 9.97 Å². The van der Waals surface area contributed by atoms with Gasteiger partial charge in [0.2, 0.25) is 0 Å². The van der Waals surface area contributed by atoms with Crippen LogP contribution in [-0.4, -0.2) is 48.2 Å². The molecule has 2 aromatic carbocycles. The van der Waals surface area contributed by atoms with Crippen LogP contribution in [0.15, 0.2) is 42.5 Å². The Morgan fingerprint density at radius 2 is 1.79 bits per heavy atom. The monoisotopic (exact) mass is 498 g/mol. The summed E-state index contributed by atoms with van der Waals surface area (Å²) in [5, 5.41) is 4.90. The van der Waals surface area contributed by atoms with Crippen molar-refractivity contribution in [1.82, 2.24) is 14.9 Å². The molecule has 1 N–H and O–H groups in total. The third kappa shape index (κ3) is 5.38. The zero-order valence-corrected chi connectivity index (χ0v) is 21.7. The van der Waals surface area contributed by atoms with Crippen LogP contribution in [0.2, 0.25) is 10.0 Å². The molecule has 2 unspecified atom stereocenters. The number of ether oxygens (including phenoxy) is 1. The van der Waals surface area contributed by atoms with Crippen molar-refractivity contribution in [2.45, 2.75) is 45.3 Å². The predicted octanol–water partition coefficient (Wildman–Crippen LogP) is 6.23. The van der Waals surface area contributed by atoms with Crippen molar-refractivity contribution in [3.8, 4) is 11.3 Å². The maximum absolute atomic E-state index is 6.52. The SMILES string of the molecule is CCc1nc(-c2ccc(Cl)cc2Cl)c(CC)nc1NC1c2ccccc2CC1OCCN(C)C. The van der Waals surface area contributed by atoms with Crippen LogP contribution >= 0.6 is 23.2 Å². The molecule has 0 fully saturated rings. The van der Waals surface area contributed by atoms with Gasteiger partial charge in [-0.2, -0.15) is 0 Å². The predicted molar refractivity (Wildman–Crippen MR) is 141 cm³/mol. The number of hydrogen-bond acceptors (Lipinski definition) is 5. The van der Waals surface area contributed by atoms with E-state index >= 15 is 0 Å². The minimum atomic E-state index is 0.0210. The molecule has 1 aliphatic carbocycles. The summed E-state index contributed by atoms with van der Waals surface area (Å²) in [6, 6.07) is 14.1. The molecule has 4 rings (SSSR count). The molecule has 7 heteroatoms. The van der Waals surface area contributed by atoms with Gasteiger partial charge in [0.1, 0.15) is 5.82 Å². The lowest BCUT2D eigenvalue weighted by Gasteiger charge is -2.25. The van der Waals surface area contributed by atoms with Crippen LogP contribution in [0, 0.1) is 0 Å². The first kappa shape index (κ1) is 24.9. The van der Waals surface area contributed by atoms with E-state index in [9.17, 15) is 0 Å². The number of nitrogens with one attached hydrogen (secondary N) is 1. The van der Waals surface area contributed by atoms with Gasteiger partial charge >= 0.3 is 0 Å². The zero-order chi connectivity index (χ0) is 24.2. The van der Waals surface area contributed by atoms with Gasteiger partial charge in [0, 0.05) is 23.6 Å². The van der Waals surface area contributed by atoms with Crippen molar-refractivity contribution in [2.75, 3.05) is 32.6 Å². The minimum absolute atomic E-state index is 0.0210. The lowest BCUT2D eigenvalue weighted by molar-refractivity contribution is 0.0393. The lowest BCUT2D eigenvalue weighted by atomic mass is 10.1. The second-order valence-corrected chi connectivity index (χ2v) is 9.73. The summed E-state index contributed by atoms with van der Waals surface area (Å²) >= 11 is 12.6. The number of aromatic nitrogens is 2. The Morgan fingerprint density at radius 1 is 1.03 bits per heavy atom. The Kier molecular flexibility index (Phi) is 8.10. The molecule has 2 atom stereocenters. The topological polar surface area (TPSA) is 50.3 Å². The van der Waals surface area contributed by atoms with E-state index in [1.165, 1.54) is 11.1 Å². The number of rotatable bonds is 9. The van der Waals surface area contributed by atoms with E-state index in [0.29, 0.717) is 16.7 Å². The number of benzene rings is 2. The number of fused-ring (bicyclic) bond motifs is 1. The maximum Gasteiger partial charge on any atom is 0.148 e. The summed E-state index contributed by atoms with van der Waals surface area (Å²) in [6.07, 6.45) is 2.41. The molecular weight excluding hydrogens is 467 g/mol. The average molecular weight is 499 g/mol. The molecule has 0 spiro atoms. The fourth-order valence-electron chi connectivity index (χ4n) is 4.43. The van der Waals surface area contributed by atoms with Crippen LogP contribution in [0.25, 0.3) is 11.3 Å². The van der Waals surface area contributed by atoms with Gasteiger partial charge in [-0.05, 0) is 56.3 Å². The normalized spacial score (nSPS) is 17.3. The minimum Gasteiger partial charge on any atom is -0.374 e. The van der Waals surface area contributed by atoms with Crippen LogP contribution in [0.4, 0.5) is 5.82 Å². The number of likely N-dealkylation sites (N-methyl/N-ethyl adjacent to an activating group) is 1. The van der Waals surface area contributed by atoms with Gasteiger partial charge in [-0.3, -0.25) is 0 Å². The summed E-state index contributed by atoms with van der Waals surface area (Å²) in [5.74, 6) is 0.816. The molecule has 0 saturated heterocycles. The van der Waals surface area contributed by atoms with Crippen LogP contribution in [0.5, 0.6) is 0 Å². The van der Waals surface area contributed by atoms with Gasteiger partial charge < -0.3 is 15.0 Å². The van der Waals surface area contributed by atoms with Gasteiger partial charge in [-0.1, -0.05) is 61.3 Å². The highest BCUT2D eigenvalue weighted by Crippen LogP contribution is 2.37. The summed E-state index contributed by atoms with van der Waals surface area (Å²) in [5.41, 5.74) is 6.07. The Hall–Kier alpha value is -2.18. The highest BCUT2D eigenvalue weighted by atomic mass is 35.5. The Morgan fingerprint density at radius 3 is 2.50 bits per heavy atom. The number of aryl methyl sites for hydroxylation is 2. The van der Waals surface area contributed by atoms with E-state index in [0.717, 1.165) is 54.3 Å². The summed E-state index contributed by atoms with van der Waals surface area (Å²) in [4.78, 5) is 12.2. The molecule has 1 aliphatic rings. The van der Waals surface area contributed by atoms with Gasteiger partial charge in [0.15, 0.2) is 0 Å². The number of anilines is 1. The lowest BCUT2D eigenvalue weighted by Crippen LogP contribution is -2.29. The van der Waals surface area contributed by atoms with E-state index in [2.05, 4.69) is 62.4 Å². The average Bonchev–Trinajstić information content (AvgIpc) is 3.16. The highest BCUT2D eigenvalue weighted by molar-refractivity contribution is 6.36. The van der Waals surface area contributed by atoms with Gasteiger partial charge in [-0.15, -0.1) is 0 Å². The van der Waals surface area contributed by atoms with Gasteiger partial charge in [0.05, 0.1) is 40.9 Å². The van der Waals surface area contributed by atoms with E-state index in [-0.39, 0.29) is 12.1 Å². The molecule has 0 bridgehead atoms. The van der Waals surface area contributed by atoms with Crippen molar-refractivity contribution in [3.05, 3.63) is 75.0 Å². The second-order valence-electron chi connectivity index (χ2n) is 8.88. The summed E-state index contributed by atoms with van der Waals surface area (Å²) < 4.78 is 6.35. The zero-order valence-electron chi connectivity index (χ0n) is 20.2. The highest BCUT2D eigenvalue weighted by Gasteiger charge is 2.34. The number of halogens is 2. The van der Waals surface area contributed by atoms with Crippen LogP contribution < -0.4 is 5.32 Å². The van der Waals surface area contributed by atoms with Gasteiger partial charge in [0.25, 0.3) is 0 Å². The van der Waals surface area contributed by atoms with E-state index in [1.54, 1.807) is 6.07 Å². The molecule has 180 valence electrons. The molecule has 34 heavy (non-hydrogen) atoms. The first-order chi connectivity index (χ1) is 16.4. The summed E-state index contributed by atoms with van der Waals surface area (Å²) in [6.45, 7) is 5.76. The standard InChI is InChI=1S/C27H32Cl2N4O/c1-5-22-25(20-12-11-18(28)16-21(20)29)30-23(6-2)27(31-22)32-26-19-10-8-7-9-17(19)15-24(26)34-14-13-33(3)4/h7-12,16,24,26H,5-6,13-15H2,1-4H3,(H,31,32). The largest absolute Gasteiger partial charge is 0.374 e. The first-order valence-electron chi connectivity index (χ1n) is 11.9.